The van der Waals surface area contributed by atoms with Crippen LogP contribution >= 0.6 is 11.6 Å². The zero-order valence-electron chi connectivity index (χ0n) is 11.6. The first-order valence-corrected chi connectivity index (χ1v) is 6.92. The van der Waals surface area contributed by atoms with Crippen molar-refractivity contribution in [2.75, 3.05) is 6.54 Å². The maximum atomic E-state index is 11.0. The molecule has 1 aliphatic rings. The zero-order valence-corrected chi connectivity index (χ0v) is 12.3. The Morgan fingerprint density at radius 3 is 2.74 bits per heavy atom. The highest BCUT2D eigenvalue weighted by Gasteiger charge is 2.30. The maximum absolute atomic E-state index is 11.0. The van der Waals surface area contributed by atoms with E-state index in [2.05, 4.69) is 16.9 Å². The molecule has 5 nitrogen and oxygen atoms in total. The molecule has 0 spiro atoms. The minimum atomic E-state index is -0.680. The first-order valence-electron chi connectivity index (χ1n) is 6.55. The van der Waals surface area contributed by atoms with E-state index in [0.29, 0.717) is 12.8 Å². The van der Waals surface area contributed by atoms with Gasteiger partial charge in [-0.25, -0.2) is 0 Å². The smallest absolute Gasteiger partial charge is 0.306 e. The molecule has 1 saturated heterocycles. The lowest BCUT2D eigenvalue weighted by molar-refractivity contribution is -0.144. The van der Waals surface area contributed by atoms with E-state index in [9.17, 15) is 4.79 Å². The molecule has 2 rings (SSSR count). The number of halogens is 1. The van der Waals surface area contributed by atoms with Crippen LogP contribution in [0, 0.1) is 12.8 Å². The van der Waals surface area contributed by atoms with Gasteiger partial charge >= 0.3 is 5.97 Å². The Labute approximate surface area is 118 Å². The largest absolute Gasteiger partial charge is 0.481 e. The van der Waals surface area contributed by atoms with E-state index in [-0.39, 0.29) is 12.0 Å². The summed E-state index contributed by atoms with van der Waals surface area (Å²) in [6.07, 6.45) is 1.40. The normalized spacial score (nSPS) is 24.6. The number of carboxylic acids is 1. The van der Waals surface area contributed by atoms with Gasteiger partial charge in [-0.2, -0.15) is 5.10 Å². The number of aliphatic carboxylic acids is 1. The van der Waals surface area contributed by atoms with Crippen molar-refractivity contribution in [3.63, 3.8) is 0 Å². The van der Waals surface area contributed by atoms with Crippen molar-refractivity contribution in [3.05, 3.63) is 16.4 Å². The average Bonchev–Trinajstić information content (AvgIpc) is 2.58. The molecule has 1 aromatic heterocycles. The Balaban J connectivity index is 2.06. The summed E-state index contributed by atoms with van der Waals surface area (Å²) in [5.41, 5.74) is 1.84. The van der Waals surface area contributed by atoms with Gasteiger partial charge in [-0.3, -0.25) is 14.4 Å². The fourth-order valence-corrected chi connectivity index (χ4v) is 2.94. The monoisotopic (exact) mass is 285 g/mol. The summed E-state index contributed by atoms with van der Waals surface area (Å²) in [6.45, 7) is 5.49. The van der Waals surface area contributed by atoms with Crippen LogP contribution in [-0.2, 0) is 18.4 Å². The van der Waals surface area contributed by atoms with Crippen molar-refractivity contribution < 1.29 is 9.90 Å². The Kier molecular flexibility index (Phi) is 4.16. The van der Waals surface area contributed by atoms with Crippen LogP contribution in [0.1, 0.15) is 31.2 Å². The van der Waals surface area contributed by atoms with Crippen molar-refractivity contribution in [2.45, 2.75) is 39.3 Å². The van der Waals surface area contributed by atoms with Gasteiger partial charge in [0.2, 0.25) is 0 Å². The molecule has 2 unspecified atom stereocenters. The minimum Gasteiger partial charge on any atom is -0.481 e. The number of carboxylic acid groups (broad SMARTS) is 1. The third-order valence-corrected chi connectivity index (χ3v) is 4.47. The maximum Gasteiger partial charge on any atom is 0.306 e. The fourth-order valence-electron chi connectivity index (χ4n) is 2.72. The van der Waals surface area contributed by atoms with Gasteiger partial charge < -0.3 is 5.11 Å². The van der Waals surface area contributed by atoms with Gasteiger partial charge in [-0.15, -0.1) is 0 Å². The van der Waals surface area contributed by atoms with Crippen LogP contribution in [-0.4, -0.2) is 38.3 Å². The van der Waals surface area contributed by atoms with E-state index in [1.165, 1.54) is 0 Å². The summed E-state index contributed by atoms with van der Waals surface area (Å²) in [5, 5.41) is 14.1. The molecule has 1 fully saturated rings. The average molecular weight is 286 g/mol. The molecule has 106 valence electrons. The highest BCUT2D eigenvalue weighted by Crippen LogP contribution is 2.27. The van der Waals surface area contributed by atoms with Crippen molar-refractivity contribution >= 4 is 17.6 Å². The van der Waals surface area contributed by atoms with Crippen LogP contribution < -0.4 is 0 Å². The predicted molar refractivity (Wildman–Crippen MR) is 73.2 cm³/mol. The molecule has 1 N–H and O–H groups in total. The van der Waals surface area contributed by atoms with E-state index in [1.807, 2.05) is 18.7 Å². The first kappa shape index (κ1) is 14.3. The molecule has 2 heterocycles. The molecule has 0 amide bonds. The van der Waals surface area contributed by atoms with Crippen LogP contribution in [0.2, 0.25) is 5.02 Å². The first-order chi connectivity index (χ1) is 8.90. The van der Waals surface area contributed by atoms with E-state index in [0.717, 1.165) is 29.5 Å². The molecule has 2 atom stereocenters. The lowest BCUT2D eigenvalue weighted by Gasteiger charge is -2.36. The third-order valence-electron chi connectivity index (χ3n) is 3.98. The highest BCUT2D eigenvalue weighted by atomic mass is 35.5. The molecule has 0 bridgehead atoms. The number of rotatable bonds is 3. The van der Waals surface area contributed by atoms with Gasteiger partial charge in [0.15, 0.2) is 0 Å². The van der Waals surface area contributed by atoms with Crippen LogP contribution in [0.25, 0.3) is 0 Å². The number of aryl methyl sites for hydroxylation is 2. The number of hydrogen-bond acceptors (Lipinski definition) is 3. The van der Waals surface area contributed by atoms with Crippen molar-refractivity contribution in [3.8, 4) is 0 Å². The van der Waals surface area contributed by atoms with Crippen LogP contribution in [0.5, 0.6) is 0 Å². The van der Waals surface area contributed by atoms with Crippen LogP contribution in [0.15, 0.2) is 0 Å². The van der Waals surface area contributed by atoms with Gasteiger partial charge in [0.25, 0.3) is 0 Å². The summed E-state index contributed by atoms with van der Waals surface area (Å²) in [7, 11) is 1.89. The second-order valence-electron chi connectivity index (χ2n) is 5.35. The lowest BCUT2D eigenvalue weighted by Crippen LogP contribution is -2.42. The highest BCUT2D eigenvalue weighted by molar-refractivity contribution is 6.31. The molecule has 0 saturated carbocycles. The molecule has 0 aliphatic carbocycles. The molecule has 6 heteroatoms. The molecule has 19 heavy (non-hydrogen) atoms. The summed E-state index contributed by atoms with van der Waals surface area (Å²) in [5.74, 6) is -0.893. The van der Waals surface area contributed by atoms with E-state index in [4.69, 9.17) is 16.7 Å². The Morgan fingerprint density at radius 1 is 1.58 bits per heavy atom. The van der Waals surface area contributed by atoms with Crippen molar-refractivity contribution in [1.82, 2.24) is 14.7 Å². The van der Waals surface area contributed by atoms with Crippen molar-refractivity contribution in [2.24, 2.45) is 13.0 Å². The number of aromatic nitrogens is 2. The van der Waals surface area contributed by atoms with Gasteiger partial charge in [0, 0.05) is 19.6 Å². The number of likely N-dealkylation sites (tertiary alicyclic amines) is 1. The molecule has 1 aromatic rings. The molecular formula is C13H20ClN3O2. The third kappa shape index (κ3) is 2.92. The van der Waals surface area contributed by atoms with E-state index >= 15 is 0 Å². The molecular weight excluding hydrogens is 266 g/mol. The molecule has 0 radical (unpaired) electrons. The quantitative estimate of drug-likeness (QED) is 0.924. The van der Waals surface area contributed by atoms with E-state index in [1.54, 1.807) is 0 Å². The second-order valence-corrected chi connectivity index (χ2v) is 5.73. The summed E-state index contributed by atoms with van der Waals surface area (Å²) in [4.78, 5) is 13.3. The van der Waals surface area contributed by atoms with Crippen molar-refractivity contribution in [1.29, 1.82) is 0 Å². The second kappa shape index (κ2) is 5.51. The van der Waals surface area contributed by atoms with Crippen LogP contribution in [0.3, 0.4) is 0 Å². The number of nitrogens with zero attached hydrogens (tertiary/aromatic N) is 3. The summed E-state index contributed by atoms with van der Waals surface area (Å²) >= 11 is 6.26. The fraction of sp³-hybridized carbons (Fsp3) is 0.692. The molecule has 0 aromatic carbocycles. The van der Waals surface area contributed by atoms with Gasteiger partial charge in [-0.1, -0.05) is 11.6 Å². The number of hydrogen-bond donors (Lipinski definition) is 1. The van der Waals surface area contributed by atoms with Gasteiger partial charge in [-0.05, 0) is 33.2 Å². The zero-order chi connectivity index (χ0) is 14.2. The molecule has 1 aliphatic heterocycles. The lowest BCUT2D eigenvalue weighted by atomic mass is 9.91. The Bertz CT molecular complexity index is 486. The van der Waals surface area contributed by atoms with Gasteiger partial charge in [0.05, 0.1) is 22.3 Å². The Morgan fingerprint density at radius 2 is 2.26 bits per heavy atom. The van der Waals surface area contributed by atoms with Gasteiger partial charge in [0.1, 0.15) is 0 Å². The summed E-state index contributed by atoms with van der Waals surface area (Å²) in [6, 6.07) is 0.251. The predicted octanol–water partition coefficient (Wildman–Crippen LogP) is 2.07. The SMILES string of the molecule is Cc1nn(C)c(CN2CCC(C(=O)O)CC2C)c1Cl. The summed E-state index contributed by atoms with van der Waals surface area (Å²) < 4.78 is 1.81. The standard InChI is InChI=1S/C13H20ClN3O2/c1-8-6-10(13(18)19)4-5-17(8)7-11-12(14)9(2)15-16(11)3/h8,10H,4-7H2,1-3H3,(H,18,19). The Hall–Kier alpha value is -1.07. The van der Waals surface area contributed by atoms with Crippen LogP contribution in [0.4, 0.5) is 0 Å². The van der Waals surface area contributed by atoms with E-state index < -0.39 is 5.97 Å². The topological polar surface area (TPSA) is 58.4 Å². The number of carbonyl (C=O) groups is 1. The number of piperidine rings is 1. The minimum absolute atomic E-state index is 0.213.